The molecule has 0 amide bonds. The van der Waals surface area contributed by atoms with Crippen LogP contribution in [0.2, 0.25) is 18.1 Å². The number of unbranched alkanes of at least 4 members (excludes halogenated alkanes) is 1. The maximum absolute atomic E-state index is 13.5. The predicted octanol–water partition coefficient (Wildman–Crippen LogP) is 7.26. The third-order valence-electron chi connectivity index (χ3n) is 8.04. The Hall–Kier alpha value is -1.43. The third-order valence-corrected chi connectivity index (χ3v) is 12.5. The number of carbonyl (C=O) groups excluding carboxylic acids is 1. The number of carbonyl (C=O) groups is 1. The van der Waals surface area contributed by atoms with Gasteiger partial charge in [0.15, 0.2) is 8.32 Å². The van der Waals surface area contributed by atoms with Crippen LogP contribution in [0.4, 0.5) is 0 Å². The quantitative estimate of drug-likeness (QED) is 0.138. The fourth-order valence-corrected chi connectivity index (χ4v) is 5.68. The van der Waals surface area contributed by atoms with Gasteiger partial charge in [-0.25, -0.2) is 0 Å². The van der Waals surface area contributed by atoms with Gasteiger partial charge in [-0.3, -0.25) is 10.1 Å². The SMILES string of the molecule is C=CCC(NCc1ccccc1)(C(=O)OCCCC)C1CCC(CO[Si](C)(C)C(C)(C)C)CC1. The lowest BCUT2D eigenvalue weighted by atomic mass is 9.70. The minimum atomic E-state index is -1.74. The van der Waals surface area contributed by atoms with E-state index in [1.807, 2.05) is 24.3 Å². The second-order valence-corrected chi connectivity index (χ2v) is 16.4. The first-order valence-corrected chi connectivity index (χ1v) is 16.2. The van der Waals surface area contributed by atoms with Crippen molar-refractivity contribution in [1.29, 1.82) is 0 Å². The molecule has 1 aromatic carbocycles. The smallest absolute Gasteiger partial charge is 0.326 e. The number of benzene rings is 1. The van der Waals surface area contributed by atoms with Crippen LogP contribution in [0.1, 0.15) is 78.2 Å². The second kappa shape index (κ2) is 13.0. The molecule has 0 heterocycles. The van der Waals surface area contributed by atoms with Crippen LogP contribution in [-0.2, 0) is 20.5 Å². The van der Waals surface area contributed by atoms with Crippen LogP contribution in [0, 0.1) is 11.8 Å². The third kappa shape index (κ3) is 7.79. The molecule has 0 aromatic heterocycles. The number of hydrogen-bond donors (Lipinski definition) is 1. The largest absolute Gasteiger partial charge is 0.464 e. The normalized spacial score (nSPS) is 21.0. The van der Waals surface area contributed by atoms with Gasteiger partial charge in [0.1, 0.15) is 5.54 Å². The number of rotatable bonds is 13. The highest BCUT2D eigenvalue weighted by atomic mass is 28.4. The van der Waals surface area contributed by atoms with Crippen molar-refractivity contribution >= 4 is 14.3 Å². The van der Waals surface area contributed by atoms with Gasteiger partial charge in [-0.05, 0) is 74.1 Å². The molecule has 1 aliphatic rings. The first kappa shape index (κ1) is 28.8. The fourth-order valence-electron chi connectivity index (χ4n) is 4.59. The summed E-state index contributed by atoms with van der Waals surface area (Å²) < 4.78 is 12.4. The molecule has 0 spiro atoms. The zero-order valence-corrected chi connectivity index (χ0v) is 23.6. The zero-order chi connectivity index (χ0) is 25.2. The minimum Gasteiger partial charge on any atom is -0.464 e. The molecule has 1 aromatic rings. The van der Waals surface area contributed by atoms with Gasteiger partial charge in [0.2, 0.25) is 0 Å². The highest BCUT2D eigenvalue weighted by Gasteiger charge is 2.47. The molecule has 0 radical (unpaired) electrons. The van der Waals surface area contributed by atoms with Gasteiger partial charge < -0.3 is 9.16 Å². The van der Waals surface area contributed by atoms with Gasteiger partial charge in [0.25, 0.3) is 0 Å². The summed E-state index contributed by atoms with van der Waals surface area (Å²) >= 11 is 0. The fraction of sp³-hybridized carbons (Fsp3) is 0.690. The van der Waals surface area contributed by atoms with E-state index in [1.54, 1.807) is 0 Å². The Morgan fingerprint density at radius 3 is 2.35 bits per heavy atom. The molecule has 4 nitrogen and oxygen atoms in total. The molecule has 1 atom stereocenters. The van der Waals surface area contributed by atoms with Crippen LogP contribution in [-0.4, -0.2) is 33.0 Å². The summed E-state index contributed by atoms with van der Waals surface area (Å²) in [6.07, 6.45) is 8.56. The molecule has 0 bridgehead atoms. The highest BCUT2D eigenvalue weighted by molar-refractivity contribution is 6.74. The Kier molecular flexibility index (Phi) is 11.0. The van der Waals surface area contributed by atoms with Crippen molar-refractivity contribution in [3.05, 3.63) is 48.6 Å². The average molecular weight is 488 g/mol. The maximum Gasteiger partial charge on any atom is 0.326 e. The highest BCUT2D eigenvalue weighted by Crippen LogP contribution is 2.41. The Bertz CT molecular complexity index is 750. The van der Waals surface area contributed by atoms with E-state index in [1.165, 1.54) is 5.56 Å². The monoisotopic (exact) mass is 487 g/mol. The van der Waals surface area contributed by atoms with Crippen LogP contribution < -0.4 is 5.32 Å². The standard InChI is InChI=1S/C29H49NO3Si/c1-8-10-21-32-27(31)29(20-9-2,30-22-24-14-12-11-13-15-24)26-18-16-25(17-19-26)23-33-34(6,7)28(3,4)5/h9,11-15,25-26,30H,2,8,10,16-23H2,1,3-7H3. The van der Waals surface area contributed by atoms with E-state index in [0.29, 0.717) is 25.5 Å². The van der Waals surface area contributed by atoms with Crippen molar-refractivity contribution in [2.75, 3.05) is 13.2 Å². The van der Waals surface area contributed by atoms with E-state index >= 15 is 0 Å². The van der Waals surface area contributed by atoms with Crippen molar-refractivity contribution in [1.82, 2.24) is 5.32 Å². The van der Waals surface area contributed by atoms with Gasteiger partial charge in [-0.1, -0.05) is 70.5 Å². The topological polar surface area (TPSA) is 47.6 Å². The predicted molar refractivity (Wildman–Crippen MR) is 145 cm³/mol. The van der Waals surface area contributed by atoms with E-state index in [-0.39, 0.29) is 16.9 Å². The van der Waals surface area contributed by atoms with Gasteiger partial charge >= 0.3 is 5.97 Å². The van der Waals surface area contributed by atoms with Crippen LogP contribution in [0.25, 0.3) is 0 Å². The van der Waals surface area contributed by atoms with Crippen molar-refractivity contribution in [3.8, 4) is 0 Å². The lowest BCUT2D eigenvalue weighted by Gasteiger charge is -2.43. The van der Waals surface area contributed by atoms with Crippen LogP contribution in [0.5, 0.6) is 0 Å². The molecule has 1 saturated carbocycles. The number of hydrogen-bond acceptors (Lipinski definition) is 4. The van der Waals surface area contributed by atoms with Crippen LogP contribution >= 0.6 is 0 Å². The molecule has 192 valence electrons. The van der Waals surface area contributed by atoms with E-state index < -0.39 is 13.9 Å². The summed E-state index contributed by atoms with van der Waals surface area (Å²) in [5, 5.41) is 3.90. The van der Waals surface area contributed by atoms with E-state index in [0.717, 1.165) is 45.1 Å². The molecule has 2 rings (SSSR count). The molecule has 5 heteroatoms. The van der Waals surface area contributed by atoms with E-state index in [4.69, 9.17) is 9.16 Å². The van der Waals surface area contributed by atoms with Crippen LogP contribution in [0.3, 0.4) is 0 Å². The summed E-state index contributed by atoms with van der Waals surface area (Å²) in [7, 11) is -1.74. The Labute approximate surface area is 210 Å². The number of ether oxygens (including phenoxy) is 1. The maximum atomic E-state index is 13.5. The van der Waals surface area contributed by atoms with Crippen molar-refractivity contribution < 1.29 is 14.0 Å². The lowest BCUT2D eigenvalue weighted by Crippen LogP contribution is -2.58. The minimum absolute atomic E-state index is 0.113. The summed E-state index contributed by atoms with van der Waals surface area (Å²) in [5.74, 6) is 0.683. The van der Waals surface area contributed by atoms with Crippen molar-refractivity contribution in [2.45, 2.75) is 103 Å². The zero-order valence-electron chi connectivity index (χ0n) is 22.6. The summed E-state index contributed by atoms with van der Waals surface area (Å²) in [5.41, 5.74) is 0.449. The molecule has 0 saturated heterocycles. The summed E-state index contributed by atoms with van der Waals surface area (Å²) in [4.78, 5) is 13.5. The van der Waals surface area contributed by atoms with E-state index in [2.05, 4.69) is 64.8 Å². The lowest BCUT2D eigenvalue weighted by molar-refractivity contribution is -0.155. The molecule has 1 fully saturated rings. The van der Waals surface area contributed by atoms with E-state index in [9.17, 15) is 4.79 Å². The molecule has 1 unspecified atom stereocenters. The van der Waals surface area contributed by atoms with Crippen molar-refractivity contribution in [2.24, 2.45) is 11.8 Å². The molecular formula is C29H49NO3Si. The first-order chi connectivity index (χ1) is 16.1. The molecule has 34 heavy (non-hydrogen) atoms. The second-order valence-electron chi connectivity index (χ2n) is 11.6. The average Bonchev–Trinajstić information content (AvgIpc) is 2.81. The Morgan fingerprint density at radius 1 is 1.15 bits per heavy atom. The Morgan fingerprint density at radius 2 is 1.79 bits per heavy atom. The van der Waals surface area contributed by atoms with Gasteiger partial charge in [0.05, 0.1) is 6.61 Å². The number of nitrogens with one attached hydrogen (secondary N) is 1. The summed E-state index contributed by atoms with van der Waals surface area (Å²) in [6, 6.07) is 10.3. The molecule has 1 N–H and O–H groups in total. The van der Waals surface area contributed by atoms with Gasteiger partial charge in [-0.15, -0.1) is 6.58 Å². The molecular weight excluding hydrogens is 438 g/mol. The first-order valence-electron chi connectivity index (χ1n) is 13.3. The number of esters is 1. The molecule has 1 aliphatic carbocycles. The van der Waals surface area contributed by atoms with Crippen molar-refractivity contribution in [3.63, 3.8) is 0 Å². The van der Waals surface area contributed by atoms with Gasteiger partial charge in [0, 0.05) is 13.2 Å². The van der Waals surface area contributed by atoms with Gasteiger partial charge in [-0.2, -0.15) is 0 Å². The Balaban J connectivity index is 2.12. The van der Waals surface area contributed by atoms with Crippen LogP contribution in [0.15, 0.2) is 43.0 Å². The summed E-state index contributed by atoms with van der Waals surface area (Å²) in [6.45, 7) is 19.6. The molecule has 0 aliphatic heterocycles.